The third-order valence-electron chi connectivity index (χ3n) is 5.12. The minimum absolute atomic E-state index is 0.0286. The molecule has 7 heteroatoms. The largest absolute Gasteiger partial charge is 0.383 e. The fraction of sp³-hybridized carbons (Fsp3) is 0.824. The molecule has 0 radical (unpaired) electrons. The minimum atomic E-state index is -0.939. The molecule has 2 aliphatic heterocycles. The lowest BCUT2D eigenvalue weighted by Gasteiger charge is -2.43. The van der Waals surface area contributed by atoms with Gasteiger partial charge in [0.15, 0.2) is 0 Å². The van der Waals surface area contributed by atoms with E-state index in [-0.39, 0.29) is 36.3 Å². The fourth-order valence-electron chi connectivity index (χ4n) is 3.50. The summed E-state index contributed by atoms with van der Waals surface area (Å²) in [5, 5.41) is 12.6. The molecule has 24 heavy (non-hydrogen) atoms. The van der Waals surface area contributed by atoms with Gasteiger partial charge in [-0.3, -0.25) is 14.4 Å². The van der Waals surface area contributed by atoms with Gasteiger partial charge in [-0.15, -0.1) is 0 Å². The van der Waals surface area contributed by atoms with Crippen LogP contribution in [-0.2, 0) is 14.4 Å². The molecule has 3 atom stereocenters. The first-order valence-corrected chi connectivity index (χ1v) is 8.76. The molecule has 0 aliphatic carbocycles. The SMILES string of the molecule is CC(C)N1CC(=O)NC(C)(CCC(C)N2CCC[C@@H](O)C2=O)C1=O. The van der Waals surface area contributed by atoms with Gasteiger partial charge in [0, 0.05) is 18.6 Å². The van der Waals surface area contributed by atoms with Crippen molar-refractivity contribution < 1.29 is 19.5 Å². The number of piperidine rings is 1. The summed E-state index contributed by atoms with van der Waals surface area (Å²) in [6.45, 7) is 8.20. The van der Waals surface area contributed by atoms with Crippen LogP contribution < -0.4 is 5.32 Å². The summed E-state index contributed by atoms with van der Waals surface area (Å²) in [5.41, 5.74) is -0.939. The van der Waals surface area contributed by atoms with Crippen LogP contribution in [0.2, 0.25) is 0 Å². The lowest BCUT2D eigenvalue weighted by atomic mass is 9.88. The van der Waals surface area contributed by atoms with Crippen molar-refractivity contribution in [3.63, 3.8) is 0 Å². The van der Waals surface area contributed by atoms with E-state index in [1.807, 2.05) is 20.8 Å². The van der Waals surface area contributed by atoms with Gasteiger partial charge in [0.25, 0.3) is 5.91 Å². The van der Waals surface area contributed by atoms with Crippen LogP contribution in [0.1, 0.15) is 53.4 Å². The third kappa shape index (κ3) is 3.71. The first-order chi connectivity index (χ1) is 11.2. The third-order valence-corrected chi connectivity index (χ3v) is 5.12. The molecule has 0 spiro atoms. The Morgan fingerprint density at radius 1 is 1.25 bits per heavy atom. The number of amides is 3. The van der Waals surface area contributed by atoms with Crippen molar-refractivity contribution in [3.05, 3.63) is 0 Å². The summed E-state index contributed by atoms with van der Waals surface area (Å²) < 4.78 is 0. The van der Waals surface area contributed by atoms with E-state index >= 15 is 0 Å². The van der Waals surface area contributed by atoms with Gasteiger partial charge in [-0.05, 0) is 53.4 Å². The average molecular weight is 339 g/mol. The molecule has 2 unspecified atom stereocenters. The Balaban J connectivity index is 2.02. The standard InChI is InChI=1S/C17H29N3O4/c1-11(2)20-10-14(22)18-17(4,16(20)24)8-7-12(3)19-9-5-6-13(21)15(19)23/h11-13,21H,5-10H2,1-4H3,(H,18,22)/t12?,13-,17?/m1/s1. The molecule has 2 aliphatic rings. The molecule has 0 aromatic carbocycles. The highest BCUT2D eigenvalue weighted by atomic mass is 16.3. The first-order valence-electron chi connectivity index (χ1n) is 8.76. The molecule has 2 heterocycles. The highest BCUT2D eigenvalue weighted by molar-refractivity contribution is 5.97. The quantitative estimate of drug-likeness (QED) is 0.752. The zero-order valence-corrected chi connectivity index (χ0v) is 15.0. The van der Waals surface area contributed by atoms with Crippen molar-refractivity contribution in [1.29, 1.82) is 0 Å². The number of aliphatic hydroxyl groups excluding tert-OH is 1. The Bertz CT molecular complexity index is 522. The summed E-state index contributed by atoms with van der Waals surface area (Å²) in [7, 11) is 0. The van der Waals surface area contributed by atoms with Gasteiger partial charge in [-0.1, -0.05) is 0 Å². The predicted octanol–water partition coefficient (Wildman–Crippen LogP) is 0.264. The van der Waals surface area contributed by atoms with E-state index in [0.29, 0.717) is 25.8 Å². The second-order valence-corrected chi connectivity index (χ2v) is 7.48. The van der Waals surface area contributed by atoms with Crippen LogP contribution in [0.5, 0.6) is 0 Å². The van der Waals surface area contributed by atoms with Crippen LogP contribution in [0.4, 0.5) is 0 Å². The summed E-state index contributed by atoms with van der Waals surface area (Å²) in [6.07, 6.45) is 1.43. The molecular formula is C17H29N3O4. The molecule has 2 saturated heterocycles. The lowest BCUT2D eigenvalue weighted by molar-refractivity contribution is -0.152. The molecule has 0 saturated carbocycles. The van der Waals surface area contributed by atoms with Crippen molar-refractivity contribution >= 4 is 17.7 Å². The molecule has 136 valence electrons. The van der Waals surface area contributed by atoms with E-state index in [4.69, 9.17) is 0 Å². The van der Waals surface area contributed by atoms with Crippen LogP contribution in [-0.4, -0.2) is 69.4 Å². The molecule has 0 bridgehead atoms. The van der Waals surface area contributed by atoms with Gasteiger partial charge >= 0.3 is 0 Å². The summed E-state index contributed by atoms with van der Waals surface area (Å²) in [4.78, 5) is 40.1. The van der Waals surface area contributed by atoms with Gasteiger partial charge < -0.3 is 20.2 Å². The molecule has 0 aromatic heterocycles. The van der Waals surface area contributed by atoms with E-state index < -0.39 is 11.6 Å². The van der Waals surface area contributed by atoms with Gasteiger partial charge in [-0.2, -0.15) is 0 Å². The van der Waals surface area contributed by atoms with E-state index in [1.165, 1.54) is 0 Å². The average Bonchev–Trinajstić information content (AvgIpc) is 2.51. The fourth-order valence-corrected chi connectivity index (χ4v) is 3.50. The Labute approximate surface area is 143 Å². The highest BCUT2D eigenvalue weighted by Crippen LogP contribution is 2.25. The maximum absolute atomic E-state index is 12.7. The normalized spacial score (nSPS) is 29.9. The summed E-state index contributed by atoms with van der Waals surface area (Å²) in [6, 6.07) is -0.109. The Morgan fingerprint density at radius 3 is 2.54 bits per heavy atom. The van der Waals surface area contributed by atoms with E-state index in [0.717, 1.165) is 6.42 Å². The number of rotatable bonds is 5. The molecule has 3 amide bonds. The number of nitrogens with zero attached hydrogens (tertiary/aromatic N) is 2. The number of nitrogens with one attached hydrogen (secondary N) is 1. The number of carbonyl (C=O) groups is 3. The van der Waals surface area contributed by atoms with Crippen LogP contribution in [0, 0.1) is 0 Å². The topological polar surface area (TPSA) is 89.9 Å². The minimum Gasteiger partial charge on any atom is -0.383 e. The molecule has 0 aromatic rings. The smallest absolute Gasteiger partial charge is 0.251 e. The second kappa shape index (κ2) is 7.09. The monoisotopic (exact) mass is 339 g/mol. The van der Waals surface area contributed by atoms with Gasteiger partial charge in [0.1, 0.15) is 11.6 Å². The first kappa shape index (κ1) is 18.7. The lowest BCUT2D eigenvalue weighted by Crippen LogP contribution is -2.66. The number of hydrogen-bond donors (Lipinski definition) is 2. The van der Waals surface area contributed by atoms with Crippen molar-refractivity contribution in [2.75, 3.05) is 13.1 Å². The predicted molar refractivity (Wildman–Crippen MR) is 89.0 cm³/mol. The zero-order valence-electron chi connectivity index (χ0n) is 15.0. The number of piperazine rings is 1. The number of carbonyl (C=O) groups excluding carboxylic acids is 3. The Hall–Kier alpha value is -1.63. The molecular weight excluding hydrogens is 310 g/mol. The van der Waals surface area contributed by atoms with Crippen LogP contribution in [0.3, 0.4) is 0 Å². The summed E-state index contributed by atoms with van der Waals surface area (Å²) >= 11 is 0. The molecule has 2 fully saturated rings. The Kier molecular flexibility index (Phi) is 5.52. The number of aliphatic hydroxyl groups is 1. The second-order valence-electron chi connectivity index (χ2n) is 7.48. The number of hydrogen-bond acceptors (Lipinski definition) is 4. The number of likely N-dealkylation sites (tertiary alicyclic amines) is 1. The van der Waals surface area contributed by atoms with Crippen LogP contribution >= 0.6 is 0 Å². The highest BCUT2D eigenvalue weighted by Gasteiger charge is 2.44. The summed E-state index contributed by atoms with van der Waals surface area (Å²) in [5.74, 6) is -0.459. The van der Waals surface area contributed by atoms with Crippen molar-refractivity contribution in [3.8, 4) is 0 Å². The van der Waals surface area contributed by atoms with Gasteiger partial charge in [-0.25, -0.2) is 0 Å². The maximum atomic E-state index is 12.7. The van der Waals surface area contributed by atoms with Gasteiger partial charge in [0.2, 0.25) is 11.8 Å². The molecule has 2 rings (SSSR count). The van der Waals surface area contributed by atoms with Crippen LogP contribution in [0.25, 0.3) is 0 Å². The van der Waals surface area contributed by atoms with E-state index in [2.05, 4.69) is 5.32 Å². The Morgan fingerprint density at radius 2 is 1.92 bits per heavy atom. The van der Waals surface area contributed by atoms with Gasteiger partial charge in [0.05, 0.1) is 6.54 Å². The maximum Gasteiger partial charge on any atom is 0.251 e. The zero-order chi connectivity index (χ0) is 18.1. The van der Waals surface area contributed by atoms with Crippen molar-refractivity contribution in [2.24, 2.45) is 0 Å². The van der Waals surface area contributed by atoms with E-state index in [9.17, 15) is 19.5 Å². The van der Waals surface area contributed by atoms with Crippen LogP contribution in [0.15, 0.2) is 0 Å². The van der Waals surface area contributed by atoms with Crippen molar-refractivity contribution in [1.82, 2.24) is 15.1 Å². The molecule has 2 N–H and O–H groups in total. The van der Waals surface area contributed by atoms with E-state index in [1.54, 1.807) is 16.7 Å². The van der Waals surface area contributed by atoms with Crippen molar-refractivity contribution in [2.45, 2.75) is 77.1 Å². The molecule has 7 nitrogen and oxygen atoms in total.